The number of pyridine rings is 1. The molecule has 1 unspecified atom stereocenters. The monoisotopic (exact) mass is 207 g/mol. The average Bonchev–Trinajstić information content (AvgIpc) is 2.26. The third kappa shape index (κ3) is 3.51. The van der Waals surface area contributed by atoms with Gasteiger partial charge in [0, 0.05) is 19.6 Å². The molecule has 0 spiro atoms. The Labute approximate surface area is 92.3 Å². The predicted octanol–water partition coefficient (Wildman–Crippen LogP) is 2.34. The topological polar surface area (TPSA) is 42.1 Å². The highest BCUT2D eigenvalue weighted by Crippen LogP contribution is 2.14. The normalized spacial score (nSPS) is 12.5. The second-order valence-corrected chi connectivity index (χ2v) is 4.01. The summed E-state index contributed by atoms with van der Waals surface area (Å²) >= 11 is 0. The zero-order valence-electron chi connectivity index (χ0n) is 9.90. The molecule has 0 aliphatic carbocycles. The lowest BCUT2D eigenvalue weighted by Crippen LogP contribution is -2.18. The number of unbranched alkanes of at least 4 members (excludes halogenated alkanes) is 1. The summed E-state index contributed by atoms with van der Waals surface area (Å²) in [5.74, 6) is 0. The van der Waals surface area contributed by atoms with Gasteiger partial charge in [-0.25, -0.2) is 0 Å². The summed E-state index contributed by atoms with van der Waals surface area (Å²) in [7, 11) is 2.10. The summed E-state index contributed by atoms with van der Waals surface area (Å²) in [6.45, 7) is 5.23. The molecule has 0 saturated carbocycles. The van der Waals surface area contributed by atoms with Gasteiger partial charge in [0.2, 0.25) is 0 Å². The highest BCUT2D eigenvalue weighted by Gasteiger charge is 2.03. The zero-order chi connectivity index (χ0) is 11.3. The Morgan fingerprint density at radius 1 is 1.47 bits per heavy atom. The molecule has 1 aromatic heterocycles. The van der Waals surface area contributed by atoms with Crippen molar-refractivity contribution in [2.45, 2.75) is 32.7 Å². The van der Waals surface area contributed by atoms with Crippen molar-refractivity contribution in [3.05, 3.63) is 24.0 Å². The van der Waals surface area contributed by atoms with E-state index in [0.717, 1.165) is 17.9 Å². The Morgan fingerprint density at radius 3 is 2.67 bits per heavy atom. The molecule has 0 aromatic carbocycles. The van der Waals surface area contributed by atoms with Crippen LogP contribution in [0.4, 0.5) is 5.69 Å². The van der Waals surface area contributed by atoms with Crippen LogP contribution in [0.3, 0.4) is 0 Å². The van der Waals surface area contributed by atoms with Gasteiger partial charge in [-0.1, -0.05) is 13.3 Å². The maximum absolute atomic E-state index is 5.74. The van der Waals surface area contributed by atoms with Gasteiger partial charge in [-0.05, 0) is 25.5 Å². The molecule has 1 aromatic rings. The maximum atomic E-state index is 5.74. The summed E-state index contributed by atoms with van der Waals surface area (Å²) in [5.41, 5.74) is 7.85. The Bertz CT molecular complexity index is 279. The van der Waals surface area contributed by atoms with Crippen LogP contribution in [-0.4, -0.2) is 18.6 Å². The van der Waals surface area contributed by atoms with Gasteiger partial charge >= 0.3 is 0 Å². The van der Waals surface area contributed by atoms with Gasteiger partial charge in [-0.15, -0.1) is 0 Å². The highest BCUT2D eigenvalue weighted by atomic mass is 15.1. The van der Waals surface area contributed by atoms with Crippen molar-refractivity contribution in [3.63, 3.8) is 0 Å². The minimum absolute atomic E-state index is 0.0139. The zero-order valence-corrected chi connectivity index (χ0v) is 9.90. The van der Waals surface area contributed by atoms with Crippen LogP contribution in [0.25, 0.3) is 0 Å². The smallest absolute Gasteiger partial charge is 0.0569 e. The average molecular weight is 207 g/mol. The first-order valence-electron chi connectivity index (χ1n) is 5.57. The van der Waals surface area contributed by atoms with Gasteiger partial charge in [0.1, 0.15) is 0 Å². The van der Waals surface area contributed by atoms with E-state index in [1.54, 1.807) is 0 Å². The van der Waals surface area contributed by atoms with E-state index >= 15 is 0 Å². The minimum Gasteiger partial charge on any atom is -0.373 e. The Balaban J connectivity index is 2.62. The Morgan fingerprint density at radius 2 is 2.20 bits per heavy atom. The molecule has 0 saturated heterocycles. The minimum atomic E-state index is 0.0139. The molecule has 84 valence electrons. The van der Waals surface area contributed by atoms with E-state index in [1.807, 2.05) is 19.2 Å². The molecule has 0 aliphatic heterocycles. The summed E-state index contributed by atoms with van der Waals surface area (Å²) in [6, 6.07) is 4.10. The van der Waals surface area contributed by atoms with Crippen LogP contribution in [0.15, 0.2) is 18.3 Å². The second-order valence-electron chi connectivity index (χ2n) is 4.01. The molecule has 3 nitrogen and oxygen atoms in total. The molecule has 0 bridgehead atoms. The lowest BCUT2D eigenvalue weighted by molar-refractivity contribution is 0.758. The molecule has 15 heavy (non-hydrogen) atoms. The molecule has 1 atom stereocenters. The number of nitrogens with zero attached hydrogens (tertiary/aromatic N) is 2. The van der Waals surface area contributed by atoms with Crippen LogP contribution in [0.5, 0.6) is 0 Å². The summed E-state index contributed by atoms with van der Waals surface area (Å²) < 4.78 is 0. The van der Waals surface area contributed by atoms with Crippen molar-refractivity contribution in [1.82, 2.24) is 4.98 Å². The fraction of sp³-hybridized carbons (Fsp3) is 0.583. The highest BCUT2D eigenvalue weighted by molar-refractivity contribution is 5.43. The molecular weight excluding hydrogens is 186 g/mol. The molecule has 0 amide bonds. The van der Waals surface area contributed by atoms with Crippen LogP contribution in [0.2, 0.25) is 0 Å². The molecule has 3 heteroatoms. The van der Waals surface area contributed by atoms with E-state index in [0.29, 0.717) is 0 Å². The number of anilines is 1. The van der Waals surface area contributed by atoms with E-state index in [1.165, 1.54) is 12.8 Å². The summed E-state index contributed by atoms with van der Waals surface area (Å²) in [4.78, 5) is 6.56. The van der Waals surface area contributed by atoms with Crippen molar-refractivity contribution in [3.8, 4) is 0 Å². The number of aromatic nitrogens is 1. The number of nitrogens with two attached hydrogens (primary N) is 1. The largest absolute Gasteiger partial charge is 0.373 e. The molecule has 1 heterocycles. The number of hydrogen-bond donors (Lipinski definition) is 1. The van der Waals surface area contributed by atoms with Gasteiger partial charge in [0.05, 0.1) is 17.6 Å². The van der Waals surface area contributed by atoms with Crippen molar-refractivity contribution < 1.29 is 0 Å². The van der Waals surface area contributed by atoms with E-state index in [9.17, 15) is 0 Å². The van der Waals surface area contributed by atoms with E-state index in [-0.39, 0.29) is 6.04 Å². The van der Waals surface area contributed by atoms with Crippen LogP contribution < -0.4 is 10.6 Å². The van der Waals surface area contributed by atoms with Crippen LogP contribution in [-0.2, 0) is 0 Å². The molecular formula is C12H21N3. The molecule has 0 fully saturated rings. The standard InChI is InChI=1S/C12H21N3/c1-4-5-8-15(3)11-6-7-12(10(2)13)14-9-11/h6-7,9-10H,4-5,8,13H2,1-3H3. The molecule has 2 N–H and O–H groups in total. The SMILES string of the molecule is CCCCN(C)c1ccc(C(C)N)nc1. The van der Waals surface area contributed by atoms with Gasteiger partial charge < -0.3 is 10.6 Å². The maximum Gasteiger partial charge on any atom is 0.0569 e. The number of rotatable bonds is 5. The van der Waals surface area contributed by atoms with Crippen molar-refractivity contribution >= 4 is 5.69 Å². The summed E-state index contributed by atoms with van der Waals surface area (Å²) in [6.07, 6.45) is 4.33. The predicted molar refractivity (Wildman–Crippen MR) is 65.0 cm³/mol. The lowest BCUT2D eigenvalue weighted by Gasteiger charge is -2.18. The summed E-state index contributed by atoms with van der Waals surface area (Å²) in [5, 5.41) is 0. The van der Waals surface area contributed by atoms with Crippen molar-refractivity contribution in [2.24, 2.45) is 5.73 Å². The first-order valence-corrected chi connectivity index (χ1v) is 5.57. The van der Waals surface area contributed by atoms with Crippen LogP contribution >= 0.6 is 0 Å². The third-order valence-corrected chi connectivity index (χ3v) is 2.53. The fourth-order valence-electron chi connectivity index (χ4n) is 1.42. The third-order valence-electron chi connectivity index (χ3n) is 2.53. The van der Waals surface area contributed by atoms with E-state index < -0.39 is 0 Å². The lowest BCUT2D eigenvalue weighted by atomic mass is 10.2. The van der Waals surface area contributed by atoms with Crippen molar-refractivity contribution in [2.75, 3.05) is 18.5 Å². The first kappa shape index (κ1) is 12.0. The van der Waals surface area contributed by atoms with Crippen LogP contribution in [0, 0.1) is 0 Å². The van der Waals surface area contributed by atoms with Gasteiger partial charge in [0.15, 0.2) is 0 Å². The Hall–Kier alpha value is -1.09. The second kappa shape index (κ2) is 5.71. The Kier molecular flexibility index (Phi) is 4.56. The van der Waals surface area contributed by atoms with Crippen molar-refractivity contribution in [1.29, 1.82) is 0 Å². The fourth-order valence-corrected chi connectivity index (χ4v) is 1.42. The molecule has 0 aliphatic rings. The van der Waals surface area contributed by atoms with Gasteiger partial charge in [-0.2, -0.15) is 0 Å². The first-order chi connectivity index (χ1) is 7.15. The molecule has 1 rings (SSSR count). The van der Waals surface area contributed by atoms with Gasteiger partial charge in [0.25, 0.3) is 0 Å². The quantitative estimate of drug-likeness (QED) is 0.805. The number of hydrogen-bond acceptors (Lipinski definition) is 3. The molecule has 0 radical (unpaired) electrons. The van der Waals surface area contributed by atoms with E-state index in [4.69, 9.17) is 5.73 Å². The van der Waals surface area contributed by atoms with E-state index in [2.05, 4.69) is 29.9 Å². The van der Waals surface area contributed by atoms with Crippen LogP contribution in [0.1, 0.15) is 38.4 Å². The van der Waals surface area contributed by atoms with Gasteiger partial charge in [-0.3, -0.25) is 4.98 Å².